The van der Waals surface area contributed by atoms with Crippen LogP contribution >= 0.6 is 0 Å². The van der Waals surface area contributed by atoms with Gasteiger partial charge in [-0.3, -0.25) is 0 Å². The second-order valence-corrected chi connectivity index (χ2v) is 5.80. The number of unbranched alkanes of at least 4 members (excludes halogenated alkanes) is 1. The Hall–Kier alpha value is -2.55. The third-order valence-electron chi connectivity index (χ3n) is 3.92. The minimum Gasteiger partial charge on any atom is -0.494 e. The first-order valence-corrected chi connectivity index (χ1v) is 8.59. The normalized spacial score (nSPS) is 17.0. The van der Waals surface area contributed by atoms with Crippen molar-refractivity contribution in [3.8, 4) is 0 Å². The molecule has 0 unspecified atom stereocenters. The molecule has 0 saturated heterocycles. The van der Waals surface area contributed by atoms with Crippen LogP contribution in [0.2, 0.25) is 0 Å². The highest BCUT2D eigenvalue weighted by Gasteiger charge is 2.11. The molecule has 0 bridgehead atoms. The third kappa shape index (κ3) is 4.25. The fourth-order valence-electron chi connectivity index (χ4n) is 2.53. The highest BCUT2D eigenvalue weighted by Crippen LogP contribution is 2.25. The van der Waals surface area contributed by atoms with E-state index in [1.165, 1.54) is 0 Å². The summed E-state index contributed by atoms with van der Waals surface area (Å²) in [5, 5.41) is 4.22. The summed E-state index contributed by atoms with van der Waals surface area (Å²) in [6.07, 6.45) is 22.7. The van der Waals surface area contributed by atoms with Crippen molar-refractivity contribution in [1.29, 1.82) is 0 Å². The molecule has 1 aromatic heterocycles. The van der Waals surface area contributed by atoms with Crippen LogP contribution in [0, 0.1) is 0 Å². The summed E-state index contributed by atoms with van der Waals surface area (Å²) < 4.78 is 11.3. The maximum Gasteiger partial charge on any atom is 0.167 e. The molecule has 0 spiro atoms. The van der Waals surface area contributed by atoms with Gasteiger partial charge < -0.3 is 9.26 Å². The number of aromatic nitrogens is 1. The van der Waals surface area contributed by atoms with E-state index in [1.807, 2.05) is 18.2 Å². The van der Waals surface area contributed by atoms with Gasteiger partial charge in [0.1, 0.15) is 11.5 Å². The molecule has 3 rings (SSSR count). The highest BCUT2D eigenvalue weighted by molar-refractivity contribution is 5.77. The van der Waals surface area contributed by atoms with Crippen LogP contribution < -0.4 is 0 Å². The number of nitrogens with zero attached hydrogens (tertiary/aromatic N) is 1. The molecule has 0 atom stereocenters. The van der Waals surface area contributed by atoms with E-state index in [2.05, 4.69) is 54.6 Å². The summed E-state index contributed by atoms with van der Waals surface area (Å²) in [6.45, 7) is 2.93. The molecule has 1 aromatic rings. The SMILES string of the molecule is CCCCOC1=CCC=C(c2cc(C3=CC=CCC=C3)no2)C=C1. The summed E-state index contributed by atoms with van der Waals surface area (Å²) >= 11 is 0. The first-order chi connectivity index (χ1) is 11.9. The van der Waals surface area contributed by atoms with E-state index < -0.39 is 0 Å². The molecule has 2 aliphatic carbocycles. The average Bonchev–Trinajstić information content (AvgIpc) is 2.80. The van der Waals surface area contributed by atoms with E-state index >= 15 is 0 Å². The monoisotopic (exact) mass is 321 g/mol. The Morgan fingerprint density at radius 3 is 2.96 bits per heavy atom. The van der Waals surface area contributed by atoms with Gasteiger partial charge in [-0.05, 0) is 37.5 Å². The Kier molecular flexibility index (Phi) is 5.67. The third-order valence-corrected chi connectivity index (χ3v) is 3.92. The van der Waals surface area contributed by atoms with Crippen molar-refractivity contribution in [3.05, 3.63) is 78.0 Å². The molecule has 124 valence electrons. The van der Waals surface area contributed by atoms with Gasteiger partial charge in [-0.15, -0.1) is 0 Å². The molecule has 3 heteroatoms. The second-order valence-electron chi connectivity index (χ2n) is 5.80. The zero-order valence-electron chi connectivity index (χ0n) is 14.1. The van der Waals surface area contributed by atoms with Crippen molar-refractivity contribution in [1.82, 2.24) is 5.16 Å². The van der Waals surface area contributed by atoms with Crippen LogP contribution in [0.1, 0.15) is 44.1 Å². The van der Waals surface area contributed by atoms with Crippen LogP contribution in [0.4, 0.5) is 0 Å². The Labute approximate surface area is 143 Å². The molecule has 0 saturated carbocycles. The smallest absolute Gasteiger partial charge is 0.167 e. The largest absolute Gasteiger partial charge is 0.494 e. The van der Waals surface area contributed by atoms with E-state index in [0.29, 0.717) is 0 Å². The van der Waals surface area contributed by atoms with E-state index in [1.54, 1.807) is 0 Å². The lowest BCUT2D eigenvalue weighted by molar-refractivity contribution is 0.218. The lowest BCUT2D eigenvalue weighted by Crippen LogP contribution is -1.92. The number of rotatable bonds is 6. The fraction of sp³-hybridized carbons (Fsp3) is 0.286. The minimum atomic E-state index is 0.766. The van der Waals surface area contributed by atoms with Crippen molar-refractivity contribution in [3.63, 3.8) is 0 Å². The minimum absolute atomic E-state index is 0.766. The molecular formula is C21H23NO2. The zero-order valence-corrected chi connectivity index (χ0v) is 14.1. The van der Waals surface area contributed by atoms with Crippen LogP contribution in [0.3, 0.4) is 0 Å². The zero-order chi connectivity index (χ0) is 16.6. The van der Waals surface area contributed by atoms with Crippen molar-refractivity contribution in [2.24, 2.45) is 0 Å². The van der Waals surface area contributed by atoms with Crippen molar-refractivity contribution >= 4 is 11.1 Å². The first kappa shape index (κ1) is 16.3. The van der Waals surface area contributed by atoms with Gasteiger partial charge in [0.25, 0.3) is 0 Å². The molecule has 0 aromatic carbocycles. The Balaban J connectivity index is 1.70. The van der Waals surface area contributed by atoms with Gasteiger partial charge in [-0.2, -0.15) is 0 Å². The molecule has 3 nitrogen and oxygen atoms in total. The van der Waals surface area contributed by atoms with Gasteiger partial charge in [0, 0.05) is 17.2 Å². The number of allylic oxidation sites excluding steroid dienone is 11. The summed E-state index contributed by atoms with van der Waals surface area (Å²) in [5.41, 5.74) is 2.96. The molecule has 0 aliphatic heterocycles. The van der Waals surface area contributed by atoms with E-state index in [0.717, 1.165) is 60.6 Å². The fourth-order valence-corrected chi connectivity index (χ4v) is 2.53. The molecule has 0 N–H and O–H groups in total. The van der Waals surface area contributed by atoms with Gasteiger partial charge in [-0.25, -0.2) is 0 Å². The molecule has 1 heterocycles. The number of ether oxygens (including phenoxy) is 1. The van der Waals surface area contributed by atoms with Crippen molar-refractivity contribution < 1.29 is 9.26 Å². The number of hydrogen-bond donors (Lipinski definition) is 0. The van der Waals surface area contributed by atoms with Crippen LogP contribution in [0.15, 0.2) is 71.0 Å². The topological polar surface area (TPSA) is 35.3 Å². The predicted molar refractivity (Wildman–Crippen MR) is 98.1 cm³/mol. The average molecular weight is 321 g/mol. The number of hydrogen-bond acceptors (Lipinski definition) is 3. The summed E-state index contributed by atoms with van der Waals surface area (Å²) in [7, 11) is 0. The second kappa shape index (κ2) is 8.34. The standard InChI is InChI=1S/C21H23NO2/c1-2-3-15-23-19-12-8-11-18(13-14-19)21-16-20(22-24-21)17-9-6-4-5-7-10-17/h4,6-7,9-14,16H,2-3,5,8,15H2,1H3. The summed E-state index contributed by atoms with van der Waals surface area (Å²) in [4.78, 5) is 0. The van der Waals surface area contributed by atoms with Gasteiger partial charge in [0.15, 0.2) is 5.76 Å². The Morgan fingerprint density at radius 1 is 1.08 bits per heavy atom. The van der Waals surface area contributed by atoms with E-state index in [9.17, 15) is 0 Å². The summed E-state index contributed by atoms with van der Waals surface area (Å²) in [6, 6.07) is 1.99. The van der Waals surface area contributed by atoms with Gasteiger partial charge in [-0.1, -0.05) is 55.0 Å². The quantitative estimate of drug-likeness (QED) is 0.638. The molecule has 0 radical (unpaired) electrons. The van der Waals surface area contributed by atoms with E-state index in [-0.39, 0.29) is 0 Å². The molecule has 2 aliphatic rings. The molecule has 0 fully saturated rings. The summed E-state index contributed by atoms with van der Waals surface area (Å²) in [5.74, 6) is 1.71. The van der Waals surface area contributed by atoms with Gasteiger partial charge >= 0.3 is 0 Å². The van der Waals surface area contributed by atoms with Crippen LogP contribution in [-0.4, -0.2) is 11.8 Å². The van der Waals surface area contributed by atoms with Gasteiger partial charge in [0.05, 0.1) is 6.61 Å². The lowest BCUT2D eigenvalue weighted by Gasteiger charge is -2.04. The van der Waals surface area contributed by atoms with Crippen LogP contribution in [0.5, 0.6) is 0 Å². The molecule has 24 heavy (non-hydrogen) atoms. The van der Waals surface area contributed by atoms with Crippen LogP contribution in [-0.2, 0) is 4.74 Å². The van der Waals surface area contributed by atoms with Crippen molar-refractivity contribution in [2.75, 3.05) is 6.61 Å². The first-order valence-electron chi connectivity index (χ1n) is 8.59. The maximum atomic E-state index is 5.77. The molecule has 0 amide bonds. The van der Waals surface area contributed by atoms with E-state index in [4.69, 9.17) is 9.26 Å². The van der Waals surface area contributed by atoms with Crippen LogP contribution in [0.25, 0.3) is 11.1 Å². The maximum absolute atomic E-state index is 5.77. The molecular weight excluding hydrogens is 298 g/mol. The predicted octanol–water partition coefficient (Wildman–Crippen LogP) is 5.62. The highest BCUT2D eigenvalue weighted by atomic mass is 16.5. The lowest BCUT2D eigenvalue weighted by atomic mass is 10.1. The Bertz CT molecular complexity index is 742. The Morgan fingerprint density at radius 2 is 2.04 bits per heavy atom. The van der Waals surface area contributed by atoms with Gasteiger partial charge in [0.2, 0.25) is 0 Å². The van der Waals surface area contributed by atoms with Crippen molar-refractivity contribution in [2.45, 2.75) is 32.6 Å².